The lowest BCUT2D eigenvalue weighted by molar-refractivity contribution is 0.0755. The van der Waals surface area contributed by atoms with Gasteiger partial charge in [0.2, 0.25) is 0 Å². The van der Waals surface area contributed by atoms with E-state index in [9.17, 15) is 4.79 Å². The second kappa shape index (κ2) is 9.76. The van der Waals surface area contributed by atoms with E-state index in [1.54, 1.807) is 41.3 Å². The number of benzene rings is 1. The van der Waals surface area contributed by atoms with Crippen LogP contribution in [0.2, 0.25) is 10.0 Å². The summed E-state index contributed by atoms with van der Waals surface area (Å²) in [6, 6.07) is 6.90. The second-order valence-electron chi connectivity index (χ2n) is 6.95. The number of carbonyl (C=O) groups is 1. The molecule has 0 spiro atoms. The third kappa shape index (κ3) is 4.94. The summed E-state index contributed by atoms with van der Waals surface area (Å²) in [5, 5.41) is 10.1. The molecule has 3 heterocycles. The highest BCUT2D eigenvalue weighted by molar-refractivity contribution is 7.98. The molecule has 3 aromatic rings. The van der Waals surface area contributed by atoms with Crippen molar-refractivity contribution in [3.8, 4) is 5.69 Å². The number of likely N-dealkylation sites (tertiary alicyclic amines) is 1. The molecule has 0 radical (unpaired) electrons. The first kappa shape index (κ1) is 21.1. The maximum Gasteiger partial charge on any atom is 0.276 e. The summed E-state index contributed by atoms with van der Waals surface area (Å²) in [5.74, 6) is 0.330. The van der Waals surface area contributed by atoms with E-state index in [2.05, 4.69) is 20.3 Å². The van der Waals surface area contributed by atoms with Gasteiger partial charge in [-0.25, -0.2) is 14.6 Å². The molecule has 1 amide bonds. The first-order valence-electron chi connectivity index (χ1n) is 9.72. The Morgan fingerprint density at radius 2 is 1.67 bits per heavy atom. The van der Waals surface area contributed by atoms with Crippen molar-refractivity contribution in [3.63, 3.8) is 0 Å². The molecule has 10 heteroatoms. The molecule has 4 rings (SSSR count). The molecule has 0 saturated carbocycles. The summed E-state index contributed by atoms with van der Waals surface area (Å²) in [6.07, 6.45) is 7.67. The van der Waals surface area contributed by atoms with E-state index in [0.717, 1.165) is 38.8 Å². The van der Waals surface area contributed by atoms with Crippen molar-refractivity contribution in [1.82, 2.24) is 29.9 Å². The molecule has 7 nitrogen and oxygen atoms in total. The Morgan fingerprint density at radius 3 is 2.33 bits per heavy atom. The van der Waals surface area contributed by atoms with Gasteiger partial charge in [0, 0.05) is 41.3 Å². The zero-order valence-electron chi connectivity index (χ0n) is 16.2. The van der Waals surface area contributed by atoms with Crippen molar-refractivity contribution >= 4 is 40.9 Å². The van der Waals surface area contributed by atoms with Crippen LogP contribution in [0.1, 0.15) is 41.9 Å². The third-order valence-corrected chi connectivity index (χ3v) is 6.15. The van der Waals surface area contributed by atoms with Gasteiger partial charge >= 0.3 is 0 Å². The smallest absolute Gasteiger partial charge is 0.276 e. The van der Waals surface area contributed by atoms with Crippen LogP contribution in [0.15, 0.2) is 41.8 Å². The van der Waals surface area contributed by atoms with E-state index in [0.29, 0.717) is 38.0 Å². The highest BCUT2D eigenvalue weighted by Crippen LogP contribution is 2.27. The molecule has 0 unspecified atom stereocenters. The van der Waals surface area contributed by atoms with Gasteiger partial charge in [0.15, 0.2) is 10.9 Å². The minimum absolute atomic E-state index is 0.0964. The van der Waals surface area contributed by atoms with Crippen LogP contribution >= 0.6 is 35.0 Å². The molecule has 2 aromatic heterocycles. The van der Waals surface area contributed by atoms with E-state index in [4.69, 9.17) is 23.2 Å². The maximum absolute atomic E-state index is 13.3. The molecule has 1 fully saturated rings. The van der Waals surface area contributed by atoms with Gasteiger partial charge in [-0.05, 0) is 37.1 Å². The van der Waals surface area contributed by atoms with Gasteiger partial charge in [-0.1, -0.05) is 53.0 Å². The van der Waals surface area contributed by atoms with E-state index in [1.807, 2.05) is 4.90 Å². The van der Waals surface area contributed by atoms with Crippen LogP contribution in [0.3, 0.4) is 0 Å². The fourth-order valence-electron chi connectivity index (χ4n) is 3.38. The largest absolute Gasteiger partial charge is 0.337 e. The fourth-order valence-corrected chi connectivity index (χ4v) is 4.69. The first-order chi connectivity index (χ1) is 14.6. The summed E-state index contributed by atoms with van der Waals surface area (Å²) in [6.45, 7) is 1.48. The number of thioether (sulfide) groups is 1. The minimum atomic E-state index is -0.0964. The molecule has 0 bridgehead atoms. The van der Waals surface area contributed by atoms with Crippen molar-refractivity contribution in [2.45, 2.75) is 36.6 Å². The highest BCUT2D eigenvalue weighted by Gasteiger charge is 2.26. The maximum atomic E-state index is 13.3. The number of hydrogen-bond acceptors (Lipinski definition) is 6. The van der Waals surface area contributed by atoms with Crippen LogP contribution in [0.25, 0.3) is 5.69 Å². The predicted molar refractivity (Wildman–Crippen MR) is 117 cm³/mol. The van der Waals surface area contributed by atoms with Gasteiger partial charge in [0.1, 0.15) is 0 Å². The van der Waals surface area contributed by atoms with Crippen molar-refractivity contribution < 1.29 is 4.79 Å². The number of hydrogen-bond donors (Lipinski definition) is 0. The van der Waals surface area contributed by atoms with Gasteiger partial charge in [-0.15, -0.1) is 5.10 Å². The monoisotopic (exact) mass is 462 g/mol. The Kier molecular flexibility index (Phi) is 6.86. The van der Waals surface area contributed by atoms with Crippen LogP contribution in [-0.2, 0) is 5.75 Å². The van der Waals surface area contributed by atoms with Crippen LogP contribution < -0.4 is 0 Å². The Morgan fingerprint density at radius 1 is 1.00 bits per heavy atom. The van der Waals surface area contributed by atoms with Gasteiger partial charge in [-0.3, -0.25) is 4.79 Å². The number of rotatable bonds is 5. The summed E-state index contributed by atoms with van der Waals surface area (Å²) in [5.41, 5.74) is 1.66. The molecule has 0 aliphatic carbocycles. The summed E-state index contributed by atoms with van der Waals surface area (Å²) in [4.78, 5) is 23.7. The van der Waals surface area contributed by atoms with Crippen LogP contribution in [0.5, 0.6) is 0 Å². The number of nitrogens with zero attached hydrogens (tertiary/aromatic N) is 6. The lowest BCUT2D eigenvalue weighted by atomic mass is 10.2. The van der Waals surface area contributed by atoms with Gasteiger partial charge in [0.05, 0.1) is 11.4 Å². The average molecular weight is 463 g/mol. The lowest BCUT2D eigenvalue weighted by Gasteiger charge is -2.19. The highest BCUT2D eigenvalue weighted by atomic mass is 35.5. The van der Waals surface area contributed by atoms with Gasteiger partial charge in [0.25, 0.3) is 5.91 Å². The van der Waals surface area contributed by atoms with Gasteiger partial charge in [-0.2, -0.15) is 0 Å². The van der Waals surface area contributed by atoms with Crippen molar-refractivity contribution in [3.05, 3.63) is 58.1 Å². The molecule has 1 aromatic carbocycles. The normalized spacial score (nSPS) is 14.5. The van der Waals surface area contributed by atoms with Gasteiger partial charge < -0.3 is 4.90 Å². The molecule has 156 valence electrons. The summed E-state index contributed by atoms with van der Waals surface area (Å²) >= 11 is 13.8. The Labute approximate surface area is 188 Å². The van der Waals surface area contributed by atoms with Crippen LogP contribution in [-0.4, -0.2) is 48.9 Å². The third-order valence-electron chi connectivity index (χ3n) is 4.83. The van der Waals surface area contributed by atoms with Crippen LogP contribution in [0.4, 0.5) is 0 Å². The predicted octanol–water partition coefficient (Wildman–Crippen LogP) is 4.67. The topological polar surface area (TPSA) is 76.8 Å². The minimum Gasteiger partial charge on any atom is -0.337 e. The van der Waals surface area contributed by atoms with Crippen molar-refractivity contribution in [2.24, 2.45) is 0 Å². The van der Waals surface area contributed by atoms with E-state index in [-0.39, 0.29) is 5.91 Å². The second-order valence-corrected chi connectivity index (χ2v) is 8.77. The van der Waals surface area contributed by atoms with Crippen molar-refractivity contribution in [2.75, 3.05) is 13.1 Å². The quantitative estimate of drug-likeness (QED) is 0.404. The Bertz CT molecular complexity index is 1000. The fraction of sp³-hybridized carbons (Fsp3) is 0.350. The van der Waals surface area contributed by atoms with Crippen molar-refractivity contribution in [1.29, 1.82) is 0 Å². The molecular formula is C20H20Cl2N6OS. The average Bonchev–Trinajstić information content (AvgIpc) is 2.97. The lowest BCUT2D eigenvalue weighted by Crippen LogP contribution is -2.32. The molecular weight excluding hydrogens is 443 g/mol. The van der Waals surface area contributed by atoms with E-state index in [1.165, 1.54) is 11.8 Å². The molecule has 1 saturated heterocycles. The molecule has 1 aliphatic rings. The molecule has 0 N–H and O–H groups in total. The van der Waals surface area contributed by atoms with E-state index >= 15 is 0 Å². The van der Waals surface area contributed by atoms with E-state index < -0.39 is 0 Å². The summed E-state index contributed by atoms with van der Waals surface area (Å²) in [7, 11) is 0. The Balaban J connectivity index is 1.70. The SMILES string of the molecule is O=C(c1nnn(-c2cc(Cl)cc(Cl)c2)c1CSc1ncccn1)N1CCCCCC1. The molecule has 1 aliphatic heterocycles. The molecule has 0 atom stereocenters. The zero-order chi connectivity index (χ0) is 20.9. The number of halogens is 2. The number of amides is 1. The first-order valence-corrected chi connectivity index (χ1v) is 11.5. The number of aromatic nitrogens is 5. The summed E-state index contributed by atoms with van der Waals surface area (Å²) < 4.78 is 1.62. The zero-order valence-corrected chi connectivity index (χ0v) is 18.5. The van der Waals surface area contributed by atoms with Crippen LogP contribution in [0, 0.1) is 0 Å². The molecule has 30 heavy (non-hydrogen) atoms. The number of carbonyl (C=O) groups excluding carboxylic acids is 1. The standard InChI is InChI=1S/C20H20Cl2N6OS/c21-14-10-15(22)12-16(11-14)28-17(13-30-20-23-6-5-7-24-20)18(25-26-28)19(29)27-8-3-1-2-4-9-27/h5-7,10-12H,1-4,8-9,13H2. The Hall–Kier alpha value is -2.16.